The molecule has 1 heterocycles. The van der Waals surface area contributed by atoms with Crippen LogP contribution in [0.5, 0.6) is 0 Å². The van der Waals surface area contributed by atoms with Crippen molar-refractivity contribution in [2.45, 2.75) is 64.6 Å². The highest BCUT2D eigenvalue weighted by Crippen LogP contribution is 2.38. The summed E-state index contributed by atoms with van der Waals surface area (Å²) in [6.07, 6.45) is 4.49. The van der Waals surface area contributed by atoms with E-state index in [1.54, 1.807) is 11.3 Å². The standard InChI is InChI=1S/C15H25NO2S/c1-4-18-15(7-5-6-11(2)9-15)14(17)8-13-10-19-12(3)16-13/h10-11,14,17H,4-9H2,1-3H3. The Kier molecular flexibility index (Phi) is 4.98. The van der Waals surface area contributed by atoms with Crippen LogP contribution in [-0.2, 0) is 11.2 Å². The highest BCUT2D eigenvalue weighted by Gasteiger charge is 2.42. The zero-order valence-electron chi connectivity index (χ0n) is 12.2. The van der Waals surface area contributed by atoms with Crippen LogP contribution in [0.4, 0.5) is 0 Å². The molecule has 1 fully saturated rings. The van der Waals surface area contributed by atoms with E-state index in [0.29, 0.717) is 18.9 Å². The molecule has 0 aromatic carbocycles. The van der Waals surface area contributed by atoms with Gasteiger partial charge in [-0.3, -0.25) is 0 Å². The van der Waals surface area contributed by atoms with Gasteiger partial charge in [0.25, 0.3) is 0 Å². The number of hydrogen-bond donors (Lipinski definition) is 1. The molecule has 1 aliphatic rings. The average Bonchev–Trinajstić information content (AvgIpc) is 2.75. The predicted molar refractivity (Wildman–Crippen MR) is 78.6 cm³/mol. The summed E-state index contributed by atoms with van der Waals surface area (Å²) in [5.74, 6) is 0.632. The van der Waals surface area contributed by atoms with Crippen LogP contribution in [0, 0.1) is 12.8 Å². The number of hydrogen-bond acceptors (Lipinski definition) is 4. The van der Waals surface area contributed by atoms with Crippen molar-refractivity contribution in [3.05, 3.63) is 16.1 Å². The summed E-state index contributed by atoms with van der Waals surface area (Å²) in [5.41, 5.74) is 0.636. The highest BCUT2D eigenvalue weighted by molar-refractivity contribution is 7.09. The molecule has 1 aromatic heterocycles. The Hall–Kier alpha value is -0.450. The lowest BCUT2D eigenvalue weighted by Crippen LogP contribution is -2.49. The molecule has 108 valence electrons. The van der Waals surface area contributed by atoms with Gasteiger partial charge in [0.05, 0.1) is 22.4 Å². The number of thiazole rings is 1. The number of aromatic nitrogens is 1. The molecule has 1 aromatic rings. The van der Waals surface area contributed by atoms with Gasteiger partial charge >= 0.3 is 0 Å². The summed E-state index contributed by atoms with van der Waals surface area (Å²) in [4.78, 5) is 4.46. The Morgan fingerprint density at radius 1 is 1.63 bits per heavy atom. The third-order valence-electron chi connectivity index (χ3n) is 4.10. The van der Waals surface area contributed by atoms with E-state index in [9.17, 15) is 5.11 Å². The van der Waals surface area contributed by atoms with Crippen LogP contribution < -0.4 is 0 Å². The smallest absolute Gasteiger partial charge is 0.0946 e. The molecule has 1 aliphatic carbocycles. The van der Waals surface area contributed by atoms with Crippen LogP contribution in [0.2, 0.25) is 0 Å². The monoisotopic (exact) mass is 283 g/mol. The zero-order chi connectivity index (χ0) is 13.9. The SMILES string of the molecule is CCOC1(C(O)Cc2csc(C)n2)CCCC(C)C1. The van der Waals surface area contributed by atoms with Crippen LogP contribution in [-0.4, -0.2) is 28.4 Å². The maximum absolute atomic E-state index is 10.7. The molecule has 1 saturated carbocycles. The molecular weight excluding hydrogens is 258 g/mol. The number of rotatable bonds is 5. The van der Waals surface area contributed by atoms with Crippen LogP contribution >= 0.6 is 11.3 Å². The van der Waals surface area contributed by atoms with E-state index in [-0.39, 0.29) is 5.60 Å². The van der Waals surface area contributed by atoms with Crippen molar-refractivity contribution in [2.75, 3.05) is 6.61 Å². The van der Waals surface area contributed by atoms with Crippen LogP contribution in [0.3, 0.4) is 0 Å². The Labute approximate surface area is 120 Å². The van der Waals surface area contributed by atoms with Crippen molar-refractivity contribution in [1.29, 1.82) is 0 Å². The van der Waals surface area contributed by atoms with Crippen molar-refractivity contribution in [3.63, 3.8) is 0 Å². The molecule has 0 spiro atoms. The van der Waals surface area contributed by atoms with Crippen molar-refractivity contribution in [3.8, 4) is 0 Å². The lowest BCUT2D eigenvalue weighted by atomic mass is 9.74. The molecule has 3 nitrogen and oxygen atoms in total. The van der Waals surface area contributed by atoms with Crippen molar-refractivity contribution < 1.29 is 9.84 Å². The average molecular weight is 283 g/mol. The number of aliphatic hydroxyl groups excluding tert-OH is 1. The van der Waals surface area contributed by atoms with Crippen LogP contribution in [0.1, 0.15) is 50.2 Å². The third kappa shape index (κ3) is 3.56. The molecule has 0 aliphatic heterocycles. The summed E-state index contributed by atoms with van der Waals surface area (Å²) in [7, 11) is 0. The Balaban J connectivity index is 2.09. The van der Waals surface area contributed by atoms with Crippen molar-refractivity contribution in [2.24, 2.45) is 5.92 Å². The van der Waals surface area contributed by atoms with Gasteiger partial charge in [0.2, 0.25) is 0 Å². The molecule has 0 radical (unpaired) electrons. The summed E-state index contributed by atoms with van der Waals surface area (Å²) in [6, 6.07) is 0. The topological polar surface area (TPSA) is 42.4 Å². The van der Waals surface area contributed by atoms with Gasteiger partial charge in [-0.15, -0.1) is 11.3 Å². The second-order valence-electron chi connectivity index (χ2n) is 5.78. The molecule has 0 saturated heterocycles. The van der Waals surface area contributed by atoms with Gasteiger partial charge in [0.15, 0.2) is 0 Å². The van der Waals surface area contributed by atoms with Gasteiger partial charge in [-0.1, -0.05) is 19.8 Å². The maximum Gasteiger partial charge on any atom is 0.0946 e. The fourth-order valence-electron chi connectivity index (χ4n) is 3.25. The summed E-state index contributed by atoms with van der Waals surface area (Å²) < 4.78 is 6.01. The molecule has 2 rings (SSSR count). The number of ether oxygens (including phenoxy) is 1. The maximum atomic E-state index is 10.7. The molecule has 0 amide bonds. The van der Waals surface area contributed by atoms with E-state index < -0.39 is 6.10 Å². The first-order valence-corrected chi connectivity index (χ1v) is 8.16. The molecule has 1 N–H and O–H groups in total. The third-order valence-corrected chi connectivity index (χ3v) is 4.92. The highest BCUT2D eigenvalue weighted by atomic mass is 32.1. The second-order valence-corrected chi connectivity index (χ2v) is 6.84. The van der Waals surface area contributed by atoms with E-state index in [1.165, 1.54) is 6.42 Å². The minimum absolute atomic E-state index is 0.357. The fraction of sp³-hybridized carbons (Fsp3) is 0.800. The number of aliphatic hydroxyl groups is 1. The van der Waals surface area contributed by atoms with Gasteiger partial charge in [0, 0.05) is 18.4 Å². The Bertz CT molecular complexity index is 403. The van der Waals surface area contributed by atoms with Gasteiger partial charge in [-0.2, -0.15) is 0 Å². The van der Waals surface area contributed by atoms with Crippen molar-refractivity contribution in [1.82, 2.24) is 4.98 Å². The largest absolute Gasteiger partial charge is 0.390 e. The fourth-order valence-corrected chi connectivity index (χ4v) is 3.87. The minimum atomic E-state index is -0.448. The first-order chi connectivity index (χ1) is 9.05. The Morgan fingerprint density at radius 2 is 2.42 bits per heavy atom. The van der Waals surface area contributed by atoms with Gasteiger partial charge in [-0.05, 0) is 32.6 Å². The van der Waals surface area contributed by atoms with Gasteiger partial charge < -0.3 is 9.84 Å². The quantitative estimate of drug-likeness (QED) is 0.901. The minimum Gasteiger partial charge on any atom is -0.390 e. The normalized spacial score (nSPS) is 29.4. The molecule has 0 bridgehead atoms. The zero-order valence-corrected chi connectivity index (χ0v) is 13.0. The first-order valence-electron chi connectivity index (χ1n) is 7.29. The molecular formula is C15H25NO2S. The molecule has 3 atom stereocenters. The lowest BCUT2D eigenvalue weighted by Gasteiger charge is -2.43. The van der Waals surface area contributed by atoms with E-state index in [4.69, 9.17) is 4.74 Å². The molecule has 4 heteroatoms. The molecule has 19 heavy (non-hydrogen) atoms. The number of aryl methyl sites for hydroxylation is 1. The lowest BCUT2D eigenvalue weighted by molar-refractivity contribution is -0.147. The van der Waals surface area contributed by atoms with E-state index in [0.717, 1.165) is 30.0 Å². The summed E-state index contributed by atoms with van der Waals surface area (Å²) >= 11 is 1.64. The van der Waals surface area contributed by atoms with Gasteiger partial charge in [0.1, 0.15) is 0 Å². The van der Waals surface area contributed by atoms with Crippen LogP contribution in [0.25, 0.3) is 0 Å². The summed E-state index contributed by atoms with van der Waals surface area (Å²) in [5, 5.41) is 13.8. The van der Waals surface area contributed by atoms with Crippen LogP contribution in [0.15, 0.2) is 5.38 Å². The predicted octanol–water partition coefficient (Wildman–Crippen LogP) is 3.34. The number of nitrogens with zero attached hydrogens (tertiary/aromatic N) is 1. The van der Waals surface area contributed by atoms with E-state index in [1.807, 2.05) is 19.2 Å². The Morgan fingerprint density at radius 3 is 3.00 bits per heavy atom. The van der Waals surface area contributed by atoms with Gasteiger partial charge in [-0.25, -0.2) is 4.98 Å². The second kappa shape index (κ2) is 6.33. The molecule has 3 unspecified atom stereocenters. The first kappa shape index (κ1) is 14.9. The van der Waals surface area contributed by atoms with Crippen molar-refractivity contribution >= 4 is 11.3 Å². The summed E-state index contributed by atoms with van der Waals surface area (Å²) in [6.45, 7) is 6.94. The van der Waals surface area contributed by atoms with E-state index >= 15 is 0 Å². The van der Waals surface area contributed by atoms with E-state index in [2.05, 4.69) is 11.9 Å².